The second kappa shape index (κ2) is 9.23. The van der Waals surface area contributed by atoms with Gasteiger partial charge < -0.3 is 15.2 Å². The lowest BCUT2D eigenvalue weighted by molar-refractivity contribution is 0.251. The summed E-state index contributed by atoms with van der Waals surface area (Å²) in [6, 6.07) is 18.7. The van der Waals surface area contributed by atoms with Gasteiger partial charge in [-0.25, -0.2) is 0 Å². The maximum absolute atomic E-state index is 8.98. The number of hydrogen-bond donors (Lipinski definition) is 2. The summed E-state index contributed by atoms with van der Waals surface area (Å²) < 4.78 is 5.77. The van der Waals surface area contributed by atoms with Crippen LogP contribution in [-0.4, -0.2) is 24.4 Å². The van der Waals surface area contributed by atoms with Crippen molar-refractivity contribution in [2.75, 3.05) is 13.2 Å². The Labute approximate surface area is 133 Å². The Kier molecular flexibility index (Phi) is 6.94. The highest BCUT2D eigenvalue weighted by Gasteiger charge is 2.00. The van der Waals surface area contributed by atoms with E-state index in [4.69, 9.17) is 9.84 Å². The second-order valence-corrected chi connectivity index (χ2v) is 5.55. The van der Waals surface area contributed by atoms with E-state index < -0.39 is 0 Å². The average Bonchev–Trinajstić information content (AvgIpc) is 2.58. The third-order valence-corrected chi connectivity index (χ3v) is 3.57. The van der Waals surface area contributed by atoms with E-state index in [0.717, 1.165) is 31.7 Å². The fourth-order valence-corrected chi connectivity index (χ4v) is 2.17. The predicted octanol–water partition coefficient (Wildman–Crippen LogP) is 3.17. The number of aliphatic hydroxyl groups is 1. The van der Waals surface area contributed by atoms with Crippen LogP contribution in [0.1, 0.15) is 24.5 Å². The Morgan fingerprint density at radius 1 is 1.00 bits per heavy atom. The van der Waals surface area contributed by atoms with Crippen LogP contribution in [0.15, 0.2) is 54.6 Å². The van der Waals surface area contributed by atoms with Gasteiger partial charge in [0.15, 0.2) is 0 Å². The highest BCUT2D eigenvalue weighted by atomic mass is 16.5. The first-order chi connectivity index (χ1) is 10.8. The summed E-state index contributed by atoms with van der Waals surface area (Å²) in [5.74, 6) is 0.909. The summed E-state index contributed by atoms with van der Waals surface area (Å²) in [6.45, 7) is 3.61. The molecule has 0 saturated carbocycles. The Balaban J connectivity index is 1.68. The van der Waals surface area contributed by atoms with Crippen molar-refractivity contribution in [2.45, 2.75) is 32.4 Å². The van der Waals surface area contributed by atoms with Crippen molar-refractivity contribution < 1.29 is 9.84 Å². The summed E-state index contributed by atoms with van der Waals surface area (Å²) in [6.07, 6.45) is 2.06. The molecule has 0 amide bonds. The van der Waals surface area contributed by atoms with Crippen LogP contribution in [0.2, 0.25) is 0 Å². The fraction of sp³-hybridized carbons (Fsp3) is 0.368. The Morgan fingerprint density at radius 3 is 2.41 bits per heavy atom. The summed E-state index contributed by atoms with van der Waals surface area (Å²) >= 11 is 0. The molecule has 1 atom stereocenters. The molecule has 0 aliphatic carbocycles. The largest absolute Gasteiger partial charge is 0.494 e. The maximum Gasteiger partial charge on any atom is 0.119 e. The van der Waals surface area contributed by atoms with Gasteiger partial charge in [-0.05, 0) is 43.0 Å². The van der Waals surface area contributed by atoms with Gasteiger partial charge in [0.1, 0.15) is 5.75 Å². The molecule has 22 heavy (non-hydrogen) atoms. The first-order valence-corrected chi connectivity index (χ1v) is 7.88. The molecule has 2 rings (SSSR count). The van der Waals surface area contributed by atoms with Crippen LogP contribution in [0.5, 0.6) is 5.75 Å². The molecule has 0 fully saturated rings. The van der Waals surface area contributed by atoms with Crippen LogP contribution in [-0.2, 0) is 13.0 Å². The standard InChI is InChI=1S/C19H25NO2/c1-16(15-21)20-14-18-9-11-19(12-10-18)22-13-5-8-17-6-3-2-4-7-17/h2-4,6-7,9-12,16,20-21H,5,8,13-15H2,1H3. The van der Waals surface area contributed by atoms with E-state index in [-0.39, 0.29) is 12.6 Å². The minimum absolute atomic E-state index is 0.119. The summed E-state index contributed by atoms with van der Waals surface area (Å²) in [5.41, 5.74) is 2.54. The van der Waals surface area contributed by atoms with Crippen molar-refractivity contribution in [3.8, 4) is 5.75 Å². The molecule has 0 radical (unpaired) electrons. The minimum Gasteiger partial charge on any atom is -0.494 e. The van der Waals surface area contributed by atoms with Gasteiger partial charge in [0.2, 0.25) is 0 Å². The Morgan fingerprint density at radius 2 is 1.73 bits per heavy atom. The van der Waals surface area contributed by atoms with Crippen molar-refractivity contribution in [3.63, 3.8) is 0 Å². The smallest absolute Gasteiger partial charge is 0.119 e. The van der Waals surface area contributed by atoms with Gasteiger partial charge in [-0.3, -0.25) is 0 Å². The molecule has 0 heterocycles. The number of nitrogens with one attached hydrogen (secondary N) is 1. The van der Waals surface area contributed by atoms with E-state index in [0.29, 0.717) is 0 Å². The van der Waals surface area contributed by atoms with E-state index in [1.165, 1.54) is 11.1 Å². The van der Waals surface area contributed by atoms with E-state index in [1.54, 1.807) is 0 Å². The van der Waals surface area contributed by atoms with Crippen LogP contribution >= 0.6 is 0 Å². The monoisotopic (exact) mass is 299 g/mol. The lowest BCUT2D eigenvalue weighted by Crippen LogP contribution is -2.28. The lowest BCUT2D eigenvalue weighted by Gasteiger charge is -2.11. The van der Waals surface area contributed by atoms with Crippen molar-refractivity contribution >= 4 is 0 Å². The highest BCUT2D eigenvalue weighted by molar-refractivity contribution is 5.27. The van der Waals surface area contributed by atoms with Gasteiger partial charge in [-0.2, -0.15) is 0 Å². The van der Waals surface area contributed by atoms with Crippen LogP contribution in [0.25, 0.3) is 0 Å². The third-order valence-electron chi connectivity index (χ3n) is 3.57. The molecule has 3 heteroatoms. The molecule has 0 saturated heterocycles. The van der Waals surface area contributed by atoms with Gasteiger partial charge in [-0.15, -0.1) is 0 Å². The van der Waals surface area contributed by atoms with Crippen molar-refractivity contribution in [1.29, 1.82) is 0 Å². The number of aryl methyl sites for hydroxylation is 1. The van der Waals surface area contributed by atoms with E-state index >= 15 is 0 Å². The molecule has 118 valence electrons. The summed E-state index contributed by atoms with van der Waals surface area (Å²) in [5, 5.41) is 12.2. The molecule has 0 aromatic heterocycles. The van der Waals surface area contributed by atoms with E-state index in [9.17, 15) is 0 Å². The summed E-state index contributed by atoms with van der Waals surface area (Å²) in [4.78, 5) is 0. The molecular weight excluding hydrogens is 274 g/mol. The van der Waals surface area contributed by atoms with Gasteiger partial charge in [0, 0.05) is 12.6 Å². The minimum atomic E-state index is 0.119. The zero-order chi connectivity index (χ0) is 15.6. The summed E-state index contributed by atoms with van der Waals surface area (Å²) in [7, 11) is 0. The van der Waals surface area contributed by atoms with Crippen molar-refractivity contribution in [2.24, 2.45) is 0 Å². The fourth-order valence-electron chi connectivity index (χ4n) is 2.17. The molecule has 2 aromatic carbocycles. The normalized spacial score (nSPS) is 12.1. The highest BCUT2D eigenvalue weighted by Crippen LogP contribution is 2.13. The van der Waals surface area contributed by atoms with Crippen LogP contribution in [0.4, 0.5) is 0 Å². The van der Waals surface area contributed by atoms with Gasteiger partial charge in [0.05, 0.1) is 13.2 Å². The SMILES string of the molecule is CC(CO)NCc1ccc(OCCCc2ccccc2)cc1. The first kappa shape index (κ1) is 16.5. The third kappa shape index (κ3) is 5.88. The molecule has 0 bridgehead atoms. The lowest BCUT2D eigenvalue weighted by atomic mass is 10.1. The van der Waals surface area contributed by atoms with Crippen LogP contribution in [0, 0.1) is 0 Å². The van der Waals surface area contributed by atoms with Crippen LogP contribution < -0.4 is 10.1 Å². The van der Waals surface area contributed by atoms with Gasteiger partial charge in [-0.1, -0.05) is 42.5 Å². The molecule has 2 N–H and O–H groups in total. The number of ether oxygens (including phenoxy) is 1. The van der Waals surface area contributed by atoms with Crippen LogP contribution in [0.3, 0.4) is 0 Å². The number of benzene rings is 2. The number of rotatable bonds is 9. The zero-order valence-electron chi connectivity index (χ0n) is 13.2. The quantitative estimate of drug-likeness (QED) is 0.699. The van der Waals surface area contributed by atoms with Gasteiger partial charge in [0.25, 0.3) is 0 Å². The Hall–Kier alpha value is -1.84. The molecule has 2 aromatic rings. The number of aliphatic hydroxyl groups excluding tert-OH is 1. The topological polar surface area (TPSA) is 41.5 Å². The van der Waals surface area contributed by atoms with Crippen molar-refractivity contribution in [1.82, 2.24) is 5.32 Å². The van der Waals surface area contributed by atoms with Crippen molar-refractivity contribution in [3.05, 3.63) is 65.7 Å². The molecular formula is C19H25NO2. The molecule has 0 aliphatic heterocycles. The molecule has 0 spiro atoms. The molecule has 1 unspecified atom stereocenters. The maximum atomic E-state index is 8.98. The second-order valence-electron chi connectivity index (χ2n) is 5.55. The predicted molar refractivity (Wildman–Crippen MR) is 90.1 cm³/mol. The first-order valence-electron chi connectivity index (χ1n) is 7.88. The molecule has 0 aliphatic rings. The van der Waals surface area contributed by atoms with Gasteiger partial charge >= 0.3 is 0 Å². The number of hydrogen-bond acceptors (Lipinski definition) is 3. The van der Waals surface area contributed by atoms with E-state index in [2.05, 4.69) is 41.7 Å². The zero-order valence-corrected chi connectivity index (χ0v) is 13.2. The Bertz CT molecular complexity index is 525. The molecule has 3 nitrogen and oxygen atoms in total. The average molecular weight is 299 g/mol. The van der Waals surface area contributed by atoms with E-state index in [1.807, 2.05) is 25.1 Å².